The molecule has 0 fully saturated rings. The van der Waals surface area contributed by atoms with E-state index in [0.29, 0.717) is 23.2 Å². The lowest BCUT2D eigenvalue weighted by atomic mass is 10.1. The average Bonchev–Trinajstić information content (AvgIpc) is 2.57. The number of aliphatic imine (C=N–C) groups is 1. The Hall–Kier alpha value is -3.21. The van der Waals surface area contributed by atoms with Crippen LogP contribution in [0.4, 0.5) is 11.4 Å². The fourth-order valence-corrected chi connectivity index (χ4v) is 2.03. The summed E-state index contributed by atoms with van der Waals surface area (Å²) >= 11 is 0. The highest BCUT2D eigenvalue weighted by Crippen LogP contribution is 2.19. The second-order valence-corrected chi connectivity index (χ2v) is 4.89. The van der Waals surface area contributed by atoms with E-state index in [9.17, 15) is 4.79 Å². The molecule has 5 heteroatoms. The molecular weight excluding hydrogens is 288 g/mol. The van der Waals surface area contributed by atoms with E-state index in [0.717, 1.165) is 11.3 Å². The molecule has 0 heterocycles. The Morgan fingerprint density at radius 1 is 1.13 bits per heavy atom. The summed E-state index contributed by atoms with van der Waals surface area (Å²) in [5, 5.41) is 10.4. The molecule has 23 heavy (non-hydrogen) atoms. The summed E-state index contributed by atoms with van der Waals surface area (Å²) in [6, 6.07) is 16.5. The summed E-state index contributed by atoms with van der Waals surface area (Å²) in [4.78, 5) is 15.5. The smallest absolute Gasteiger partial charge is 0.185 e. The third kappa shape index (κ3) is 4.38. The van der Waals surface area contributed by atoms with Crippen LogP contribution in [0.3, 0.4) is 0 Å². The molecule has 0 aromatic heterocycles. The Kier molecular flexibility index (Phi) is 5.41. The van der Waals surface area contributed by atoms with Crippen LogP contribution in [0.2, 0.25) is 0 Å². The molecule has 0 radical (unpaired) electrons. The number of nitrogens with zero attached hydrogens (tertiary/aromatic N) is 1. The van der Waals surface area contributed by atoms with Crippen molar-refractivity contribution in [1.29, 1.82) is 5.41 Å². The zero-order valence-electron chi connectivity index (χ0n) is 12.8. The van der Waals surface area contributed by atoms with Crippen LogP contribution in [-0.4, -0.2) is 18.3 Å². The molecule has 116 valence electrons. The molecule has 0 aliphatic carbocycles. The van der Waals surface area contributed by atoms with E-state index in [-0.39, 0.29) is 5.84 Å². The number of para-hydroxylation sites is 1. The van der Waals surface area contributed by atoms with Gasteiger partial charge in [-0.1, -0.05) is 30.3 Å². The summed E-state index contributed by atoms with van der Waals surface area (Å²) in [5.74, 6) is 0.224. The first-order chi connectivity index (χ1) is 11.1. The van der Waals surface area contributed by atoms with Crippen molar-refractivity contribution in [2.45, 2.75) is 6.92 Å². The lowest BCUT2D eigenvalue weighted by Gasteiger charge is -2.06. The van der Waals surface area contributed by atoms with Crippen molar-refractivity contribution in [1.82, 2.24) is 0 Å². The number of rotatable bonds is 5. The van der Waals surface area contributed by atoms with E-state index in [1.54, 1.807) is 19.1 Å². The van der Waals surface area contributed by atoms with Crippen LogP contribution in [0, 0.1) is 5.41 Å². The topological polar surface area (TPSA) is 91.3 Å². The van der Waals surface area contributed by atoms with Crippen molar-refractivity contribution >= 4 is 35.3 Å². The van der Waals surface area contributed by atoms with Gasteiger partial charge in [-0.15, -0.1) is 0 Å². The van der Waals surface area contributed by atoms with Gasteiger partial charge in [0.15, 0.2) is 12.1 Å². The lowest BCUT2D eigenvalue weighted by Crippen LogP contribution is -2.12. The number of carbonyl (C=O) groups excluding carboxylic acids is 1. The van der Waals surface area contributed by atoms with Gasteiger partial charge in [-0.3, -0.25) is 4.79 Å². The molecule has 0 unspecified atom stereocenters. The van der Waals surface area contributed by atoms with Crippen LogP contribution in [0.1, 0.15) is 12.5 Å². The van der Waals surface area contributed by atoms with Gasteiger partial charge in [0.2, 0.25) is 0 Å². The fraction of sp³-hybridized carbons (Fsp3) is 0.0556. The number of hydrogen-bond donors (Lipinski definition) is 3. The number of benzene rings is 2. The second-order valence-electron chi connectivity index (χ2n) is 4.89. The van der Waals surface area contributed by atoms with Crippen LogP contribution >= 0.6 is 0 Å². The second kappa shape index (κ2) is 7.70. The molecule has 2 rings (SSSR count). The monoisotopic (exact) mass is 306 g/mol. The summed E-state index contributed by atoms with van der Waals surface area (Å²) < 4.78 is 0. The summed E-state index contributed by atoms with van der Waals surface area (Å²) in [5.41, 5.74) is 9.26. The number of carbonyl (C=O) groups is 1. The first-order valence-corrected chi connectivity index (χ1v) is 7.07. The van der Waals surface area contributed by atoms with E-state index >= 15 is 0 Å². The fourth-order valence-electron chi connectivity index (χ4n) is 2.03. The summed E-state index contributed by atoms with van der Waals surface area (Å²) in [6.45, 7) is 1.75. The molecule has 0 amide bonds. The van der Waals surface area contributed by atoms with Gasteiger partial charge in [-0.25, -0.2) is 4.99 Å². The molecule has 4 N–H and O–H groups in total. The van der Waals surface area contributed by atoms with Crippen LogP contribution < -0.4 is 11.1 Å². The minimum absolute atomic E-state index is 0.224. The zero-order chi connectivity index (χ0) is 16.7. The predicted molar refractivity (Wildman–Crippen MR) is 95.2 cm³/mol. The molecule has 0 saturated heterocycles. The third-order valence-electron chi connectivity index (χ3n) is 3.15. The van der Waals surface area contributed by atoms with Crippen LogP contribution in [0.25, 0.3) is 5.57 Å². The average molecular weight is 306 g/mol. The number of aldehydes is 1. The number of anilines is 1. The maximum absolute atomic E-state index is 11.2. The van der Waals surface area contributed by atoms with Crippen molar-refractivity contribution in [2.75, 3.05) is 5.32 Å². The van der Waals surface area contributed by atoms with Crippen molar-refractivity contribution in [3.63, 3.8) is 0 Å². The minimum atomic E-state index is 0.224. The first kappa shape index (κ1) is 16.2. The maximum atomic E-state index is 11.2. The Morgan fingerprint density at radius 2 is 1.78 bits per heavy atom. The van der Waals surface area contributed by atoms with Crippen LogP contribution in [-0.2, 0) is 4.79 Å². The van der Waals surface area contributed by atoms with E-state index in [1.807, 2.05) is 42.5 Å². The molecule has 0 spiro atoms. The van der Waals surface area contributed by atoms with E-state index in [2.05, 4.69) is 10.3 Å². The quantitative estimate of drug-likeness (QED) is 0.449. The van der Waals surface area contributed by atoms with E-state index in [4.69, 9.17) is 11.1 Å². The highest BCUT2D eigenvalue weighted by Gasteiger charge is 2.03. The van der Waals surface area contributed by atoms with Gasteiger partial charge in [-0.05, 0) is 36.8 Å². The molecule has 0 atom stereocenters. The van der Waals surface area contributed by atoms with Gasteiger partial charge in [0.25, 0.3) is 0 Å². The SMILES string of the molecule is C/C(N)=C(/C=N)c1ccc(N=C(C=O)Nc2ccccc2)cc1. The van der Waals surface area contributed by atoms with Gasteiger partial charge < -0.3 is 16.5 Å². The zero-order valence-corrected chi connectivity index (χ0v) is 12.8. The molecule has 0 bridgehead atoms. The number of nitrogens with one attached hydrogen (secondary N) is 2. The molecule has 0 saturated carbocycles. The molecule has 2 aromatic carbocycles. The van der Waals surface area contributed by atoms with E-state index in [1.165, 1.54) is 6.21 Å². The molecule has 5 nitrogen and oxygen atoms in total. The van der Waals surface area contributed by atoms with Gasteiger partial charge in [0.1, 0.15) is 0 Å². The van der Waals surface area contributed by atoms with Gasteiger partial charge in [0.05, 0.1) is 5.69 Å². The Bertz CT molecular complexity index is 742. The van der Waals surface area contributed by atoms with Crippen molar-refractivity contribution in [3.8, 4) is 0 Å². The standard InChI is InChI=1S/C18H18N4O/c1-13(20)17(11-19)14-7-9-16(10-8-14)22-18(12-23)21-15-5-3-2-4-6-15/h2-12,19H,20H2,1H3,(H,21,22)/b17-13+,19-11?. The Morgan fingerprint density at radius 3 is 2.30 bits per heavy atom. The van der Waals surface area contributed by atoms with Crippen molar-refractivity contribution in [3.05, 3.63) is 65.9 Å². The Balaban J connectivity index is 2.22. The predicted octanol–water partition coefficient (Wildman–Crippen LogP) is 3.37. The molecule has 0 aliphatic rings. The lowest BCUT2D eigenvalue weighted by molar-refractivity contribution is -0.102. The largest absolute Gasteiger partial charge is 0.402 e. The highest BCUT2D eigenvalue weighted by molar-refractivity contribution is 6.33. The Labute approximate surface area is 135 Å². The third-order valence-corrected chi connectivity index (χ3v) is 3.15. The summed E-state index contributed by atoms with van der Waals surface area (Å²) in [7, 11) is 0. The number of amidine groups is 1. The molecule has 2 aromatic rings. The number of allylic oxidation sites excluding steroid dienone is 2. The first-order valence-electron chi connectivity index (χ1n) is 7.07. The van der Waals surface area contributed by atoms with Gasteiger partial charge >= 0.3 is 0 Å². The number of hydrogen-bond acceptors (Lipinski definition) is 4. The van der Waals surface area contributed by atoms with Crippen molar-refractivity contribution in [2.24, 2.45) is 10.7 Å². The normalized spacial score (nSPS) is 12.3. The summed E-state index contributed by atoms with van der Waals surface area (Å²) in [6.07, 6.45) is 1.90. The van der Waals surface area contributed by atoms with Crippen LogP contribution in [0.5, 0.6) is 0 Å². The van der Waals surface area contributed by atoms with Crippen LogP contribution in [0.15, 0.2) is 65.3 Å². The van der Waals surface area contributed by atoms with E-state index < -0.39 is 0 Å². The highest BCUT2D eigenvalue weighted by atomic mass is 16.1. The minimum Gasteiger partial charge on any atom is -0.402 e. The number of nitrogens with two attached hydrogens (primary N) is 1. The van der Waals surface area contributed by atoms with Crippen molar-refractivity contribution < 1.29 is 4.79 Å². The van der Waals surface area contributed by atoms with Gasteiger partial charge in [0, 0.05) is 23.2 Å². The molecular formula is C18H18N4O. The maximum Gasteiger partial charge on any atom is 0.185 e. The molecule has 0 aliphatic heterocycles. The van der Waals surface area contributed by atoms with Gasteiger partial charge in [-0.2, -0.15) is 0 Å².